The third kappa shape index (κ3) is 5.76. The molecule has 1 fully saturated rings. The molecule has 1 N–H and O–H groups in total. The zero-order valence-electron chi connectivity index (χ0n) is 17.1. The highest BCUT2D eigenvalue weighted by molar-refractivity contribution is 8.00. The number of nitrogens with zero attached hydrogens (tertiary/aromatic N) is 1. The molecule has 5 nitrogen and oxygen atoms in total. The van der Waals surface area contributed by atoms with Crippen molar-refractivity contribution >= 4 is 23.6 Å². The van der Waals surface area contributed by atoms with Crippen molar-refractivity contribution in [2.75, 3.05) is 32.5 Å². The minimum Gasteiger partial charge on any atom is -0.496 e. The van der Waals surface area contributed by atoms with E-state index in [4.69, 9.17) is 4.74 Å². The van der Waals surface area contributed by atoms with E-state index in [0.29, 0.717) is 24.3 Å². The molecule has 0 unspecified atom stereocenters. The number of carbonyl (C=O) groups is 2. The van der Waals surface area contributed by atoms with Gasteiger partial charge in [-0.3, -0.25) is 9.59 Å². The van der Waals surface area contributed by atoms with E-state index in [1.165, 1.54) is 11.8 Å². The number of rotatable bonds is 8. The van der Waals surface area contributed by atoms with E-state index in [1.807, 2.05) is 48.2 Å². The first-order chi connectivity index (χ1) is 14.1. The fraction of sp³-hybridized carbons (Fsp3) is 0.391. The lowest BCUT2D eigenvalue weighted by Gasteiger charge is -2.15. The van der Waals surface area contributed by atoms with Crippen LogP contribution >= 0.6 is 11.8 Å². The second-order valence-corrected chi connectivity index (χ2v) is 8.21. The van der Waals surface area contributed by atoms with Crippen molar-refractivity contribution in [2.24, 2.45) is 0 Å². The minimum absolute atomic E-state index is 0.117. The fourth-order valence-electron chi connectivity index (χ4n) is 3.49. The fourth-order valence-corrected chi connectivity index (χ4v) is 4.44. The van der Waals surface area contributed by atoms with Gasteiger partial charge in [-0.05, 0) is 49.9 Å². The standard InChI is InChI=1S/C23H28N2O3S/c1-17-9-10-20(28-2)18(15-17)11-12-24-23(27)19-7-3-4-8-21(19)29-16-22(26)25-13-5-6-14-25/h3-4,7-10,15H,5-6,11-14,16H2,1-2H3,(H,24,27). The van der Waals surface area contributed by atoms with Gasteiger partial charge in [0.25, 0.3) is 5.91 Å². The molecule has 1 heterocycles. The summed E-state index contributed by atoms with van der Waals surface area (Å²) in [6.45, 7) is 4.26. The maximum atomic E-state index is 12.7. The van der Waals surface area contributed by atoms with Crippen LogP contribution in [0.4, 0.5) is 0 Å². The lowest BCUT2D eigenvalue weighted by atomic mass is 10.1. The van der Waals surface area contributed by atoms with E-state index in [0.717, 1.165) is 47.7 Å². The molecule has 0 aliphatic carbocycles. The molecule has 29 heavy (non-hydrogen) atoms. The predicted octanol–water partition coefficient (Wildman–Crippen LogP) is 3.69. The summed E-state index contributed by atoms with van der Waals surface area (Å²) in [4.78, 5) is 27.8. The zero-order chi connectivity index (χ0) is 20.6. The second kappa shape index (κ2) is 10.3. The van der Waals surface area contributed by atoms with Gasteiger partial charge in [0.2, 0.25) is 5.91 Å². The normalized spacial score (nSPS) is 13.4. The van der Waals surface area contributed by atoms with Gasteiger partial charge in [0.05, 0.1) is 18.4 Å². The van der Waals surface area contributed by atoms with E-state index >= 15 is 0 Å². The molecular weight excluding hydrogens is 384 g/mol. The van der Waals surface area contributed by atoms with Crippen LogP contribution in [0.25, 0.3) is 0 Å². The number of carbonyl (C=O) groups excluding carboxylic acids is 2. The Hall–Kier alpha value is -2.47. The van der Waals surface area contributed by atoms with Crippen LogP contribution in [0.5, 0.6) is 5.75 Å². The Morgan fingerprint density at radius 3 is 2.66 bits per heavy atom. The Morgan fingerprint density at radius 2 is 1.90 bits per heavy atom. The van der Waals surface area contributed by atoms with Crippen molar-refractivity contribution in [3.8, 4) is 5.75 Å². The smallest absolute Gasteiger partial charge is 0.252 e. The average molecular weight is 413 g/mol. The molecule has 154 valence electrons. The lowest BCUT2D eigenvalue weighted by molar-refractivity contribution is -0.127. The molecular formula is C23H28N2O3S. The van der Waals surface area contributed by atoms with Crippen LogP contribution in [0.1, 0.15) is 34.3 Å². The molecule has 0 saturated carbocycles. The highest BCUT2D eigenvalue weighted by atomic mass is 32.2. The van der Waals surface area contributed by atoms with Crippen molar-refractivity contribution in [3.05, 3.63) is 59.2 Å². The Balaban J connectivity index is 1.57. The summed E-state index contributed by atoms with van der Waals surface area (Å²) in [5.41, 5.74) is 2.85. The van der Waals surface area contributed by atoms with Crippen molar-refractivity contribution < 1.29 is 14.3 Å². The highest BCUT2D eigenvalue weighted by Crippen LogP contribution is 2.24. The van der Waals surface area contributed by atoms with Crippen LogP contribution < -0.4 is 10.1 Å². The van der Waals surface area contributed by atoms with Crippen LogP contribution in [-0.4, -0.2) is 49.2 Å². The van der Waals surface area contributed by atoms with Crippen LogP contribution in [-0.2, 0) is 11.2 Å². The summed E-state index contributed by atoms with van der Waals surface area (Å²) in [6.07, 6.45) is 2.86. The minimum atomic E-state index is -0.117. The third-order valence-electron chi connectivity index (χ3n) is 5.06. The summed E-state index contributed by atoms with van der Waals surface area (Å²) >= 11 is 1.44. The largest absolute Gasteiger partial charge is 0.496 e. The van der Waals surface area contributed by atoms with Crippen LogP contribution in [0.3, 0.4) is 0 Å². The molecule has 1 aliphatic rings. The zero-order valence-corrected chi connectivity index (χ0v) is 17.9. The van der Waals surface area contributed by atoms with Gasteiger partial charge in [0, 0.05) is 24.5 Å². The van der Waals surface area contributed by atoms with Crippen molar-refractivity contribution in [3.63, 3.8) is 0 Å². The van der Waals surface area contributed by atoms with Gasteiger partial charge in [-0.25, -0.2) is 0 Å². The molecule has 1 saturated heterocycles. The Kier molecular flexibility index (Phi) is 7.58. The number of aryl methyl sites for hydroxylation is 1. The van der Waals surface area contributed by atoms with Crippen LogP contribution in [0, 0.1) is 6.92 Å². The average Bonchev–Trinajstić information content (AvgIpc) is 3.27. The molecule has 2 aromatic carbocycles. The summed E-state index contributed by atoms with van der Waals surface area (Å²) in [7, 11) is 1.66. The monoisotopic (exact) mass is 412 g/mol. The van der Waals surface area contributed by atoms with E-state index < -0.39 is 0 Å². The first kappa shape index (κ1) is 21.2. The third-order valence-corrected chi connectivity index (χ3v) is 6.12. The maximum absolute atomic E-state index is 12.7. The van der Waals surface area contributed by atoms with E-state index in [2.05, 4.69) is 11.4 Å². The molecule has 2 amide bonds. The molecule has 0 aromatic heterocycles. The number of hydrogen-bond acceptors (Lipinski definition) is 4. The van der Waals surface area contributed by atoms with E-state index in [9.17, 15) is 9.59 Å². The van der Waals surface area contributed by atoms with Gasteiger partial charge in [0.15, 0.2) is 0 Å². The van der Waals surface area contributed by atoms with Crippen molar-refractivity contribution in [1.82, 2.24) is 10.2 Å². The summed E-state index contributed by atoms with van der Waals surface area (Å²) in [5, 5.41) is 3.00. The Labute approximate surface area is 176 Å². The summed E-state index contributed by atoms with van der Waals surface area (Å²) in [6, 6.07) is 13.5. The number of ether oxygens (including phenoxy) is 1. The van der Waals surface area contributed by atoms with Gasteiger partial charge in [-0.1, -0.05) is 29.8 Å². The van der Waals surface area contributed by atoms with E-state index in [1.54, 1.807) is 7.11 Å². The van der Waals surface area contributed by atoms with Crippen molar-refractivity contribution in [2.45, 2.75) is 31.1 Å². The second-order valence-electron chi connectivity index (χ2n) is 7.19. The van der Waals surface area contributed by atoms with Gasteiger partial charge in [-0.2, -0.15) is 0 Å². The van der Waals surface area contributed by atoms with Crippen molar-refractivity contribution in [1.29, 1.82) is 0 Å². The number of methoxy groups -OCH3 is 1. The van der Waals surface area contributed by atoms with Gasteiger partial charge >= 0.3 is 0 Å². The van der Waals surface area contributed by atoms with Crippen LogP contribution in [0.2, 0.25) is 0 Å². The summed E-state index contributed by atoms with van der Waals surface area (Å²) < 4.78 is 5.41. The number of likely N-dealkylation sites (tertiary alicyclic amines) is 1. The first-order valence-corrected chi connectivity index (χ1v) is 11.0. The molecule has 2 aromatic rings. The lowest BCUT2D eigenvalue weighted by Crippen LogP contribution is -2.29. The van der Waals surface area contributed by atoms with Gasteiger partial charge < -0.3 is 15.0 Å². The quantitative estimate of drug-likeness (QED) is 0.672. The molecule has 0 atom stereocenters. The Morgan fingerprint density at radius 1 is 1.14 bits per heavy atom. The summed E-state index contributed by atoms with van der Waals surface area (Å²) in [5.74, 6) is 1.23. The molecule has 0 radical (unpaired) electrons. The van der Waals surface area contributed by atoms with Gasteiger partial charge in [0.1, 0.15) is 5.75 Å². The first-order valence-electron chi connectivity index (χ1n) is 10.00. The number of benzene rings is 2. The predicted molar refractivity (Wildman–Crippen MR) is 117 cm³/mol. The van der Waals surface area contributed by atoms with E-state index in [-0.39, 0.29) is 11.8 Å². The maximum Gasteiger partial charge on any atom is 0.252 e. The number of amides is 2. The molecule has 6 heteroatoms. The number of nitrogens with one attached hydrogen (secondary N) is 1. The Bertz CT molecular complexity index is 863. The number of thioether (sulfide) groups is 1. The van der Waals surface area contributed by atoms with Gasteiger partial charge in [-0.15, -0.1) is 11.8 Å². The van der Waals surface area contributed by atoms with Crippen LogP contribution in [0.15, 0.2) is 47.4 Å². The molecule has 1 aliphatic heterocycles. The molecule has 0 bridgehead atoms. The highest BCUT2D eigenvalue weighted by Gasteiger charge is 2.19. The molecule has 3 rings (SSSR count). The SMILES string of the molecule is COc1ccc(C)cc1CCNC(=O)c1ccccc1SCC(=O)N1CCCC1. The number of hydrogen-bond donors (Lipinski definition) is 1. The molecule has 0 spiro atoms. The topological polar surface area (TPSA) is 58.6 Å².